The molecule has 4 nitrogen and oxygen atoms in total. The Hall–Kier alpha value is -1.40. The molecule has 2 fully saturated rings. The Kier molecular flexibility index (Phi) is 5.56. The van der Waals surface area contributed by atoms with Gasteiger partial charge in [0.05, 0.1) is 11.3 Å². The molecule has 1 N–H and O–H groups in total. The second kappa shape index (κ2) is 7.66. The zero-order valence-corrected chi connectivity index (χ0v) is 14.7. The van der Waals surface area contributed by atoms with Crippen molar-refractivity contribution in [1.82, 2.24) is 10.2 Å². The summed E-state index contributed by atoms with van der Waals surface area (Å²) in [7, 11) is 0. The van der Waals surface area contributed by atoms with E-state index in [0.717, 1.165) is 39.0 Å². The predicted octanol–water partition coefficient (Wildman–Crippen LogP) is 2.58. The number of nitrogens with one attached hydrogen (secondary N) is 1. The molecule has 0 spiro atoms. The van der Waals surface area contributed by atoms with Crippen molar-refractivity contribution >= 4 is 23.5 Å². The van der Waals surface area contributed by atoms with Crippen LogP contribution in [0.3, 0.4) is 0 Å². The average molecular weight is 350 g/mol. The van der Waals surface area contributed by atoms with E-state index in [2.05, 4.69) is 5.32 Å². The molecule has 0 saturated carbocycles. The molecule has 0 bridgehead atoms. The first-order valence-corrected chi connectivity index (χ1v) is 9.45. The van der Waals surface area contributed by atoms with Gasteiger partial charge in [-0.3, -0.25) is 9.59 Å². The number of hydrogen-bond donors (Lipinski definition) is 1. The van der Waals surface area contributed by atoms with E-state index >= 15 is 0 Å². The first-order valence-electron chi connectivity index (χ1n) is 8.46. The van der Waals surface area contributed by atoms with Crippen molar-refractivity contribution in [3.05, 3.63) is 29.6 Å². The number of Topliss-reactive ketones (excluding diaryl/α,β-unsaturated/α-hetero) is 1. The number of fused-ring (bicyclic) bond motifs is 1. The summed E-state index contributed by atoms with van der Waals surface area (Å²) in [5, 5.41) is 3.43. The molecular weight excluding hydrogens is 327 g/mol. The molecule has 2 atom stereocenters. The standard InChI is InChI=1S/C18H23FN2O2S/c1-12(22)16-3-2-15(8-17(16)19)24-11-18(23)21-6-4-13-9-20-10-14(13)5-7-21/h2-3,8,13-14,20H,4-7,9-11H2,1H3/t13-,14+. The fourth-order valence-electron chi connectivity index (χ4n) is 3.58. The number of hydrogen-bond acceptors (Lipinski definition) is 4. The molecular formula is C18H23FN2O2S. The molecule has 1 amide bonds. The Morgan fingerprint density at radius 3 is 2.50 bits per heavy atom. The molecule has 6 heteroatoms. The highest BCUT2D eigenvalue weighted by molar-refractivity contribution is 8.00. The number of thioether (sulfide) groups is 1. The van der Waals surface area contributed by atoms with Gasteiger partial charge in [-0.15, -0.1) is 11.8 Å². The van der Waals surface area contributed by atoms with Crippen LogP contribution in [0.5, 0.6) is 0 Å². The van der Waals surface area contributed by atoms with Crippen LogP contribution in [0.15, 0.2) is 23.1 Å². The quantitative estimate of drug-likeness (QED) is 0.670. The third-order valence-electron chi connectivity index (χ3n) is 5.05. The number of likely N-dealkylation sites (tertiary alicyclic amines) is 1. The van der Waals surface area contributed by atoms with Gasteiger partial charge in [-0.1, -0.05) is 0 Å². The summed E-state index contributed by atoms with van der Waals surface area (Å²) in [4.78, 5) is 26.3. The summed E-state index contributed by atoms with van der Waals surface area (Å²) in [5.74, 6) is 1.02. The molecule has 130 valence electrons. The maximum Gasteiger partial charge on any atom is 0.232 e. The molecule has 0 radical (unpaired) electrons. The minimum atomic E-state index is -0.518. The van der Waals surface area contributed by atoms with Gasteiger partial charge >= 0.3 is 0 Å². The van der Waals surface area contributed by atoms with E-state index in [-0.39, 0.29) is 17.3 Å². The Morgan fingerprint density at radius 1 is 1.25 bits per heavy atom. The average Bonchev–Trinajstić information content (AvgIpc) is 2.91. The van der Waals surface area contributed by atoms with Crippen molar-refractivity contribution in [2.75, 3.05) is 31.9 Å². The molecule has 2 aliphatic rings. The van der Waals surface area contributed by atoms with Gasteiger partial charge in [-0.05, 0) is 62.9 Å². The topological polar surface area (TPSA) is 49.4 Å². The van der Waals surface area contributed by atoms with Crippen molar-refractivity contribution in [3.63, 3.8) is 0 Å². The van der Waals surface area contributed by atoms with Crippen molar-refractivity contribution < 1.29 is 14.0 Å². The Labute approximate surface area is 146 Å². The predicted molar refractivity (Wildman–Crippen MR) is 92.8 cm³/mol. The first kappa shape index (κ1) is 17.4. The van der Waals surface area contributed by atoms with Crippen LogP contribution in [-0.2, 0) is 4.79 Å². The Bertz CT molecular complexity index is 623. The van der Waals surface area contributed by atoms with Crippen LogP contribution in [0.25, 0.3) is 0 Å². The van der Waals surface area contributed by atoms with E-state index in [9.17, 15) is 14.0 Å². The number of rotatable bonds is 4. The van der Waals surface area contributed by atoms with E-state index in [1.165, 1.54) is 30.8 Å². The third kappa shape index (κ3) is 3.98. The molecule has 0 unspecified atom stereocenters. The molecule has 0 aromatic heterocycles. The van der Waals surface area contributed by atoms with Gasteiger partial charge in [0.25, 0.3) is 0 Å². The zero-order valence-electron chi connectivity index (χ0n) is 13.9. The number of carbonyl (C=O) groups is 2. The third-order valence-corrected chi connectivity index (χ3v) is 6.03. The van der Waals surface area contributed by atoms with E-state index in [1.54, 1.807) is 6.07 Å². The van der Waals surface area contributed by atoms with E-state index < -0.39 is 5.82 Å². The lowest BCUT2D eigenvalue weighted by molar-refractivity contribution is -0.128. The van der Waals surface area contributed by atoms with Crippen LogP contribution in [-0.4, -0.2) is 48.5 Å². The Balaban J connectivity index is 1.53. The second-order valence-electron chi connectivity index (χ2n) is 6.62. The van der Waals surface area contributed by atoms with Gasteiger partial charge in [0.1, 0.15) is 5.82 Å². The summed E-state index contributed by atoms with van der Waals surface area (Å²) in [6.45, 7) is 5.13. The van der Waals surface area contributed by atoms with Crippen LogP contribution in [0.2, 0.25) is 0 Å². The van der Waals surface area contributed by atoms with Crippen molar-refractivity contribution in [1.29, 1.82) is 0 Å². The van der Waals surface area contributed by atoms with Gasteiger partial charge in [-0.25, -0.2) is 4.39 Å². The molecule has 1 aromatic carbocycles. The molecule has 3 rings (SSSR count). The number of carbonyl (C=O) groups excluding carboxylic acids is 2. The summed E-state index contributed by atoms with van der Waals surface area (Å²) >= 11 is 1.33. The highest BCUT2D eigenvalue weighted by atomic mass is 32.2. The fourth-order valence-corrected chi connectivity index (χ4v) is 4.40. The molecule has 0 aliphatic carbocycles. The molecule has 2 aliphatic heterocycles. The van der Waals surface area contributed by atoms with Gasteiger partial charge in [0.15, 0.2) is 5.78 Å². The van der Waals surface area contributed by atoms with Crippen molar-refractivity contribution in [2.24, 2.45) is 11.8 Å². The van der Waals surface area contributed by atoms with Crippen LogP contribution in [0, 0.1) is 17.7 Å². The van der Waals surface area contributed by atoms with Crippen molar-refractivity contribution in [3.8, 4) is 0 Å². The maximum atomic E-state index is 13.8. The second-order valence-corrected chi connectivity index (χ2v) is 7.67. The number of amides is 1. The van der Waals surface area contributed by atoms with Crippen LogP contribution >= 0.6 is 11.8 Å². The minimum Gasteiger partial charge on any atom is -0.342 e. The highest BCUT2D eigenvalue weighted by Crippen LogP contribution is 2.28. The molecule has 1 aromatic rings. The van der Waals surface area contributed by atoms with E-state index in [4.69, 9.17) is 0 Å². The monoisotopic (exact) mass is 350 g/mol. The lowest BCUT2D eigenvalue weighted by atomic mass is 9.92. The smallest absolute Gasteiger partial charge is 0.232 e. The number of ketones is 1. The number of nitrogens with zero attached hydrogens (tertiary/aromatic N) is 1. The fraction of sp³-hybridized carbons (Fsp3) is 0.556. The molecule has 2 saturated heterocycles. The van der Waals surface area contributed by atoms with E-state index in [1.807, 2.05) is 4.90 Å². The number of benzene rings is 1. The van der Waals surface area contributed by atoms with Crippen LogP contribution in [0.1, 0.15) is 30.1 Å². The lowest BCUT2D eigenvalue weighted by Crippen LogP contribution is -2.34. The normalized spacial score (nSPS) is 23.7. The molecule has 2 heterocycles. The van der Waals surface area contributed by atoms with E-state index in [0.29, 0.717) is 22.5 Å². The summed E-state index contributed by atoms with van der Waals surface area (Å²) < 4.78 is 13.8. The summed E-state index contributed by atoms with van der Waals surface area (Å²) in [6, 6.07) is 4.54. The Morgan fingerprint density at radius 2 is 1.92 bits per heavy atom. The summed E-state index contributed by atoms with van der Waals surface area (Å²) in [5.41, 5.74) is 0.0957. The number of halogens is 1. The summed E-state index contributed by atoms with van der Waals surface area (Å²) in [6.07, 6.45) is 2.13. The van der Waals surface area contributed by atoms with Crippen LogP contribution in [0.4, 0.5) is 4.39 Å². The van der Waals surface area contributed by atoms with Crippen molar-refractivity contribution in [2.45, 2.75) is 24.7 Å². The van der Waals surface area contributed by atoms with Gasteiger partial charge in [0.2, 0.25) is 5.91 Å². The van der Waals surface area contributed by atoms with Crippen LogP contribution < -0.4 is 5.32 Å². The van der Waals surface area contributed by atoms with Gasteiger partial charge < -0.3 is 10.2 Å². The minimum absolute atomic E-state index is 0.0957. The first-order chi connectivity index (χ1) is 11.5. The molecule has 24 heavy (non-hydrogen) atoms. The zero-order chi connectivity index (χ0) is 17.1. The van der Waals surface area contributed by atoms with Gasteiger partial charge in [-0.2, -0.15) is 0 Å². The maximum absolute atomic E-state index is 13.8. The lowest BCUT2D eigenvalue weighted by Gasteiger charge is -2.20. The largest absolute Gasteiger partial charge is 0.342 e. The SMILES string of the molecule is CC(=O)c1ccc(SCC(=O)N2CC[C@@H]3CNC[C@@H]3CC2)cc1F. The van der Waals surface area contributed by atoms with Gasteiger partial charge in [0, 0.05) is 18.0 Å². The highest BCUT2D eigenvalue weighted by Gasteiger charge is 2.31.